The van der Waals surface area contributed by atoms with Gasteiger partial charge in [-0.3, -0.25) is 38.4 Å². The summed E-state index contributed by atoms with van der Waals surface area (Å²) < 4.78 is 5.04. The van der Waals surface area contributed by atoms with Crippen molar-refractivity contribution in [3.05, 3.63) is 155 Å². The van der Waals surface area contributed by atoms with Crippen molar-refractivity contribution in [3.8, 4) is 0 Å². The second kappa shape index (κ2) is 41.6. The summed E-state index contributed by atoms with van der Waals surface area (Å²) in [5.41, 5.74) is 1.39. The lowest BCUT2D eigenvalue weighted by atomic mass is 9.88. The number of H-pyrrole nitrogens is 1. The number of pyridine rings is 1. The van der Waals surface area contributed by atoms with Crippen LogP contribution in [0.3, 0.4) is 0 Å². The summed E-state index contributed by atoms with van der Waals surface area (Å²) >= 11 is 0. The molecule has 3 fully saturated rings. The highest BCUT2D eigenvalue weighted by Gasteiger charge is 2.26. The van der Waals surface area contributed by atoms with Gasteiger partial charge in [-0.25, -0.2) is 14.6 Å². The van der Waals surface area contributed by atoms with E-state index < -0.39 is 5.56 Å². The van der Waals surface area contributed by atoms with Gasteiger partial charge in [0.1, 0.15) is 0 Å². The number of hydrogen-bond acceptors (Lipinski definition) is 11. The molecule has 0 amide bonds. The standard InChI is InChI=1S/C17H20N2O2.C17H25NO2.2C15H22N2O2.4C2H6/c1-17(2,3)10-14(20)15-16(21)19-13(11-18-15)9-12-7-5-4-6-8-12;1-17(2,3)12-15(19)14-10-7-11-18(16(14)20)13-8-5-4-6-9-13;1-11(2)10-13(18)14-15(19)17(9-8-16-14)12-6-4-3-5-7-12;1-11(2)10-14(18)13-8-9-16-17(15(13)19)12-6-4-3-5-7-12;4*1-2/h4-8,11H,9-10H2,1-3H3,(H,19,21);7,10-11,13H,4-6,8-9,12H2,1-3H3;2*8-9,11-12H,3-7,10H2,1-2H3;4*1-2H3. The van der Waals surface area contributed by atoms with E-state index in [4.69, 9.17) is 0 Å². The average Bonchev–Trinajstić information content (AvgIpc) is 2.14. The van der Waals surface area contributed by atoms with Crippen LogP contribution >= 0.6 is 0 Å². The van der Waals surface area contributed by atoms with Gasteiger partial charge in [-0.15, -0.1) is 0 Å². The summed E-state index contributed by atoms with van der Waals surface area (Å²) in [6, 6.07) is 15.6. The fourth-order valence-electron chi connectivity index (χ4n) is 10.5. The van der Waals surface area contributed by atoms with Crippen LogP contribution in [-0.2, 0) is 6.42 Å². The van der Waals surface area contributed by atoms with E-state index in [-0.39, 0.29) is 92.0 Å². The molecule has 1 aromatic carbocycles. The van der Waals surface area contributed by atoms with Crippen LogP contribution in [0.5, 0.6) is 0 Å². The minimum atomic E-state index is -0.405. The Bertz CT molecular complexity index is 2940. The molecule has 0 radical (unpaired) electrons. The van der Waals surface area contributed by atoms with Gasteiger partial charge in [-0.05, 0) is 85.0 Å². The van der Waals surface area contributed by atoms with E-state index >= 15 is 0 Å². The molecule has 1 N–H and O–H groups in total. The van der Waals surface area contributed by atoms with Crippen LogP contribution in [0, 0.1) is 22.7 Å². The van der Waals surface area contributed by atoms with Crippen molar-refractivity contribution in [1.29, 1.82) is 0 Å². The molecular weight excluding hydrogens is 1090 g/mol. The van der Waals surface area contributed by atoms with Gasteiger partial charge in [-0.2, -0.15) is 5.10 Å². The van der Waals surface area contributed by atoms with Crippen molar-refractivity contribution < 1.29 is 19.2 Å². The van der Waals surface area contributed by atoms with Crippen LogP contribution < -0.4 is 22.2 Å². The predicted octanol–water partition coefficient (Wildman–Crippen LogP) is 17.0. The van der Waals surface area contributed by atoms with Gasteiger partial charge >= 0.3 is 0 Å². The molecule has 0 unspecified atom stereocenters. The largest absolute Gasteiger partial charge is 0.322 e. The minimum absolute atomic E-state index is 0.00161. The summed E-state index contributed by atoms with van der Waals surface area (Å²) in [7, 11) is 0. The first-order valence-electron chi connectivity index (χ1n) is 33.0. The molecule has 4 heterocycles. The molecule has 484 valence electrons. The van der Waals surface area contributed by atoms with Crippen molar-refractivity contribution in [1.82, 2.24) is 33.9 Å². The highest BCUT2D eigenvalue weighted by atomic mass is 16.2. The number of aromatic amines is 1. The SMILES string of the molecule is CC.CC.CC.CC.CC(C)(C)CC(=O)c1cccn(C2CCCCC2)c1=O.CC(C)(C)CC(=O)c1ncc(Cc2ccccc2)[nH]c1=O.CC(C)CC(=O)c1ccnn(C2CCCCC2)c1=O.CC(C)CC(=O)c1nccn(C2CCCCC2)c1=O. The van der Waals surface area contributed by atoms with Gasteiger partial charge in [0.2, 0.25) is 0 Å². The van der Waals surface area contributed by atoms with Crippen LogP contribution in [-0.4, -0.2) is 57.0 Å². The first kappa shape index (κ1) is 78.5. The number of Topliss-reactive ketones (excluding diaryl/α,β-unsaturated/α-hetero) is 4. The Morgan fingerprint density at radius 2 is 0.954 bits per heavy atom. The monoisotopic (exact) mass is 1200 g/mol. The Balaban J connectivity index is 0.000000558. The Kier molecular flexibility index (Phi) is 37.5. The average molecular weight is 1200 g/mol. The highest BCUT2D eigenvalue weighted by molar-refractivity contribution is 5.96. The summed E-state index contributed by atoms with van der Waals surface area (Å²) in [6.45, 7) is 35.9. The first-order valence-corrected chi connectivity index (χ1v) is 33.0. The van der Waals surface area contributed by atoms with Gasteiger partial charge < -0.3 is 14.1 Å². The molecule has 87 heavy (non-hydrogen) atoms. The molecule has 0 bridgehead atoms. The maximum Gasteiger partial charge on any atom is 0.280 e. The molecule has 3 aliphatic rings. The third-order valence-electron chi connectivity index (χ3n) is 14.3. The number of hydrogen-bond donors (Lipinski definition) is 1. The zero-order chi connectivity index (χ0) is 65.9. The molecule has 8 rings (SSSR count). The third-order valence-corrected chi connectivity index (χ3v) is 14.3. The van der Waals surface area contributed by atoms with Crippen LogP contribution in [0.4, 0.5) is 0 Å². The highest BCUT2D eigenvalue weighted by Crippen LogP contribution is 2.29. The van der Waals surface area contributed by atoms with E-state index in [9.17, 15) is 38.4 Å². The molecule has 0 saturated heterocycles. The fourth-order valence-corrected chi connectivity index (χ4v) is 10.5. The molecular formula is C72H113N7O8. The van der Waals surface area contributed by atoms with Crippen LogP contribution in [0.15, 0.2) is 98.7 Å². The molecule has 3 saturated carbocycles. The lowest BCUT2D eigenvalue weighted by Crippen LogP contribution is -2.32. The minimum Gasteiger partial charge on any atom is -0.322 e. The second-order valence-electron chi connectivity index (χ2n) is 25.1. The van der Waals surface area contributed by atoms with E-state index in [1.54, 1.807) is 46.1 Å². The normalized spacial score (nSPS) is 14.3. The number of ketones is 4. The Hall–Kier alpha value is -6.51. The summed E-state index contributed by atoms with van der Waals surface area (Å²) in [5, 5.41) is 4.18. The molecule has 5 aromatic rings. The number of carbonyl (C=O) groups is 4. The maximum atomic E-state index is 12.5. The Labute approximate surface area is 522 Å². The van der Waals surface area contributed by atoms with E-state index in [1.807, 2.05) is 167 Å². The van der Waals surface area contributed by atoms with E-state index in [2.05, 4.69) is 20.1 Å². The molecule has 0 atom stereocenters. The molecule has 0 aliphatic heterocycles. The first-order chi connectivity index (χ1) is 41.4. The number of benzene rings is 1. The van der Waals surface area contributed by atoms with Crippen LogP contribution in [0.1, 0.15) is 318 Å². The summed E-state index contributed by atoms with van der Waals surface area (Å²) in [5.74, 6) is 0.0695. The van der Waals surface area contributed by atoms with Gasteiger partial charge in [-0.1, -0.05) is 213 Å². The van der Waals surface area contributed by atoms with Crippen molar-refractivity contribution in [2.75, 3.05) is 0 Å². The number of rotatable bonds is 15. The van der Waals surface area contributed by atoms with E-state index in [1.165, 1.54) is 36.8 Å². The third kappa shape index (κ3) is 28.0. The molecule has 15 heteroatoms. The molecule has 3 aliphatic carbocycles. The van der Waals surface area contributed by atoms with Crippen molar-refractivity contribution in [3.63, 3.8) is 0 Å². The topological polar surface area (TPSA) is 206 Å². The van der Waals surface area contributed by atoms with Gasteiger partial charge in [0, 0.05) is 80.9 Å². The fraction of sp³-hybridized carbons (Fsp3) is 0.625. The molecule has 0 spiro atoms. The van der Waals surface area contributed by atoms with Crippen molar-refractivity contribution in [2.24, 2.45) is 22.7 Å². The van der Waals surface area contributed by atoms with Gasteiger partial charge in [0.05, 0.1) is 17.2 Å². The lowest BCUT2D eigenvalue weighted by molar-refractivity contribution is 0.0925. The van der Waals surface area contributed by atoms with Gasteiger partial charge in [0.25, 0.3) is 22.2 Å². The Morgan fingerprint density at radius 1 is 0.494 bits per heavy atom. The number of carbonyl (C=O) groups excluding carboxylic acids is 4. The van der Waals surface area contributed by atoms with Crippen molar-refractivity contribution >= 4 is 23.1 Å². The quantitative estimate of drug-likeness (QED) is 0.0976. The maximum absolute atomic E-state index is 12.5. The molecule has 15 nitrogen and oxygen atoms in total. The molecule has 4 aromatic heterocycles. The number of aromatic nitrogens is 7. The van der Waals surface area contributed by atoms with Crippen LogP contribution in [0.25, 0.3) is 0 Å². The number of nitrogens with zero attached hydrogens (tertiary/aromatic N) is 6. The van der Waals surface area contributed by atoms with Crippen LogP contribution in [0.2, 0.25) is 0 Å². The lowest BCUT2D eigenvalue weighted by Gasteiger charge is -2.24. The predicted molar refractivity (Wildman–Crippen MR) is 358 cm³/mol. The van der Waals surface area contributed by atoms with Crippen molar-refractivity contribution in [2.45, 2.75) is 271 Å². The summed E-state index contributed by atoms with van der Waals surface area (Å²) in [6.07, 6.45) is 27.3. The zero-order valence-electron chi connectivity index (χ0n) is 57.0. The Morgan fingerprint density at radius 3 is 1.44 bits per heavy atom. The second-order valence-corrected chi connectivity index (χ2v) is 25.1. The zero-order valence-corrected chi connectivity index (χ0v) is 57.0. The van der Waals surface area contributed by atoms with Gasteiger partial charge in [0.15, 0.2) is 34.5 Å². The van der Waals surface area contributed by atoms with E-state index in [0.717, 1.165) is 69.8 Å². The summed E-state index contributed by atoms with van der Waals surface area (Å²) in [4.78, 5) is 109. The van der Waals surface area contributed by atoms with E-state index in [0.29, 0.717) is 48.9 Å². The number of nitrogens with one attached hydrogen (secondary N) is 1. The smallest absolute Gasteiger partial charge is 0.280 e.